The molecule has 0 radical (unpaired) electrons. The molecule has 4 heteroatoms. The van der Waals surface area contributed by atoms with Gasteiger partial charge in [0, 0.05) is 30.6 Å². The van der Waals surface area contributed by atoms with E-state index in [0.29, 0.717) is 17.7 Å². The van der Waals surface area contributed by atoms with Crippen LogP contribution in [0.25, 0.3) is 0 Å². The molecule has 3 nitrogen and oxygen atoms in total. The zero-order valence-corrected chi connectivity index (χ0v) is 13.4. The van der Waals surface area contributed by atoms with Crippen molar-refractivity contribution in [1.82, 2.24) is 10.2 Å². The first-order valence-electron chi connectivity index (χ1n) is 7.31. The lowest BCUT2D eigenvalue weighted by atomic mass is 10.0. The summed E-state index contributed by atoms with van der Waals surface area (Å²) in [6.45, 7) is 9.12. The molecule has 1 aliphatic rings. The second-order valence-corrected chi connectivity index (χ2v) is 6.70. The molecule has 2 rings (SSSR count). The lowest BCUT2D eigenvalue weighted by Crippen LogP contribution is -2.52. The van der Waals surface area contributed by atoms with Crippen LogP contribution in [0.1, 0.15) is 32.3 Å². The van der Waals surface area contributed by atoms with E-state index < -0.39 is 0 Å². The van der Waals surface area contributed by atoms with Crippen LogP contribution in [0.5, 0.6) is 0 Å². The van der Waals surface area contributed by atoms with E-state index in [2.05, 4.69) is 50.4 Å². The third-order valence-electron chi connectivity index (χ3n) is 3.73. The zero-order valence-electron chi connectivity index (χ0n) is 12.6. The number of carbonyl (C=O) groups excluding carboxylic acids is 1. The second-order valence-electron chi connectivity index (χ2n) is 5.65. The maximum absolute atomic E-state index is 12.2. The van der Waals surface area contributed by atoms with Crippen LogP contribution < -0.4 is 5.32 Å². The average Bonchev–Trinajstić information content (AvgIpc) is 2.45. The number of rotatable bonds is 4. The molecule has 1 atom stereocenters. The molecule has 110 valence electrons. The molecule has 1 saturated heterocycles. The smallest absolute Gasteiger partial charge is 0.233 e. The number of thioether (sulfide) groups is 1. The highest BCUT2D eigenvalue weighted by Crippen LogP contribution is 2.22. The van der Waals surface area contributed by atoms with Crippen LogP contribution in [-0.4, -0.2) is 42.2 Å². The Morgan fingerprint density at radius 1 is 1.40 bits per heavy atom. The highest BCUT2D eigenvalue weighted by molar-refractivity contribution is 8.00. The highest BCUT2D eigenvalue weighted by atomic mass is 32.2. The van der Waals surface area contributed by atoms with Crippen molar-refractivity contribution in [3.8, 4) is 0 Å². The molecule has 1 N–H and O–H groups in total. The van der Waals surface area contributed by atoms with Crippen molar-refractivity contribution < 1.29 is 4.79 Å². The van der Waals surface area contributed by atoms with Gasteiger partial charge in [-0.1, -0.05) is 26.0 Å². The molecule has 0 aromatic heterocycles. The van der Waals surface area contributed by atoms with Gasteiger partial charge in [0.15, 0.2) is 0 Å². The molecule has 1 amide bonds. The fourth-order valence-electron chi connectivity index (χ4n) is 2.39. The van der Waals surface area contributed by atoms with E-state index >= 15 is 0 Å². The molecular formula is C16H24N2OS. The molecule has 1 heterocycles. The lowest BCUT2D eigenvalue weighted by Gasteiger charge is -2.33. The number of hydrogen-bond acceptors (Lipinski definition) is 3. The fraction of sp³-hybridized carbons (Fsp3) is 0.562. The SMILES string of the molecule is CC(C)c1ccc(SCC(=O)N2CCNC[C@@H]2C)cc1. The van der Waals surface area contributed by atoms with Crippen LogP contribution in [0.15, 0.2) is 29.2 Å². The van der Waals surface area contributed by atoms with Crippen LogP contribution in [-0.2, 0) is 4.79 Å². The molecule has 20 heavy (non-hydrogen) atoms. The van der Waals surface area contributed by atoms with Crippen molar-refractivity contribution in [2.45, 2.75) is 37.6 Å². The summed E-state index contributed by atoms with van der Waals surface area (Å²) in [6, 6.07) is 8.86. The fourth-order valence-corrected chi connectivity index (χ4v) is 3.17. The van der Waals surface area contributed by atoms with Crippen molar-refractivity contribution >= 4 is 17.7 Å². The minimum atomic E-state index is 0.247. The largest absolute Gasteiger partial charge is 0.337 e. The van der Waals surface area contributed by atoms with Crippen molar-refractivity contribution in [2.24, 2.45) is 0 Å². The predicted octanol–water partition coefficient (Wildman–Crippen LogP) is 2.72. The summed E-state index contributed by atoms with van der Waals surface area (Å²) in [4.78, 5) is 15.4. The molecule has 0 spiro atoms. The summed E-state index contributed by atoms with van der Waals surface area (Å²) in [6.07, 6.45) is 0. The van der Waals surface area contributed by atoms with E-state index in [9.17, 15) is 4.79 Å². The lowest BCUT2D eigenvalue weighted by molar-refractivity contribution is -0.131. The summed E-state index contributed by atoms with van der Waals surface area (Å²) in [5, 5.41) is 3.31. The number of hydrogen-bond donors (Lipinski definition) is 1. The van der Waals surface area contributed by atoms with Gasteiger partial charge in [-0.15, -0.1) is 11.8 Å². The maximum atomic E-state index is 12.2. The molecule has 1 aromatic carbocycles. The van der Waals surface area contributed by atoms with Crippen LogP contribution in [0.3, 0.4) is 0 Å². The number of benzene rings is 1. The molecular weight excluding hydrogens is 268 g/mol. The Kier molecular flexibility index (Phi) is 5.49. The number of nitrogens with zero attached hydrogens (tertiary/aromatic N) is 1. The van der Waals surface area contributed by atoms with Crippen LogP contribution in [0, 0.1) is 0 Å². The molecule has 0 bridgehead atoms. The number of nitrogens with one attached hydrogen (secondary N) is 1. The Balaban J connectivity index is 1.86. The van der Waals surface area contributed by atoms with Gasteiger partial charge in [0.1, 0.15) is 0 Å². The molecule has 1 aromatic rings. The van der Waals surface area contributed by atoms with E-state index in [-0.39, 0.29) is 5.91 Å². The Labute approximate surface area is 126 Å². The average molecular weight is 292 g/mol. The first-order valence-corrected chi connectivity index (χ1v) is 8.29. The number of carbonyl (C=O) groups is 1. The van der Waals surface area contributed by atoms with E-state index in [1.807, 2.05) is 4.90 Å². The molecule has 1 aliphatic heterocycles. The maximum Gasteiger partial charge on any atom is 0.233 e. The van der Waals surface area contributed by atoms with Gasteiger partial charge in [0.25, 0.3) is 0 Å². The highest BCUT2D eigenvalue weighted by Gasteiger charge is 2.22. The normalized spacial score (nSPS) is 19.4. The molecule has 0 aliphatic carbocycles. The standard InChI is InChI=1S/C16H24N2OS/c1-12(2)14-4-6-15(7-5-14)20-11-16(19)18-9-8-17-10-13(18)3/h4-7,12-13,17H,8-11H2,1-3H3/t13-/m0/s1. The summed E-state index contributed by atoms with van der Waals surface area (Å²) in [5.74, 6) is 1.33. The van der Waals surface area contributed by atoms with Gasteiger partial charge >= 0.3 is 0 Å². The first-order chi connectivity index (χ1) is 9.58. The Bertz CT molecular complexity index is 444. The summed E-state index contributed by atoms with van der Waals surface area (Å²) >= 11 is 1.63. The summed E-state index contributed by atoms with van der Waals surface area (Å²) in [5.41, 5.74) is 1.34. The minimum Gasteiger partial charge on any atom is -0.337 e. The zero-order chi connectivity index (χ0) is 14.5. The molecule has 1 fully saturated rings. The number of amides is 1. The monoisotopic (exact) mass is 292 g/mol. The van der Waals surface area contributed by atoms with Crippen molar-refractivity contribution in [1.29, 1.82) is 0 Å². The van der Waals surface area contributed by atoms with Gasteiger partial charge in [-0.2, -0.15) is 0 Å². The minimum absolute atomic E-state index is 0.247. The predicted molar refractivity (Wildman–Crippen MR) is 85.3 cm³/mol. The van der Waals surface area contributed by atoms with E-state index in [1.54, 1.807) is 11.8 Å². The topological polar surface area (TPSA) is 32.3 Å². The van der Waals surface area contributed by atoms with Crippen LogP contribution in [0.4, 0.5) is 0 Å². The van der Waals surface area contributed by atoms with Crippen molar-refractivity contribution in [3.05, 3.63) is 29.8 Å². The van der Waals surface area contributed by atoms with Gasteiger partial charge in [0.05, 0.1) is 5.75 Å². The Hall–Kier alpha value is -1.00. The number of piperazine rings is 1. The van der Waals surface area contributed by atoms with Crippen LogP contribution >= 0.6 is 11.8 Å². The van der Waals surface area contributed by atoms with Gasteiger partial charge in [0.2, 0.25) is 5.91 Å². The van der Waals surface area contributed by atoms with E-state index in [4.69, 9.17) is 0 Å². The summed E-state index contributed by atoms with van der Waals surface area (Å²) in [7, 11) is 0. The first kappa shape index (κ1) is 15.4. The van der Waals surface area contributed by atoms with Gasteiger partial charge in [-0.05, 0) is 30.5 Å². The van der Waals surface area contributed by atoms with Crippen LogP contribution in [0.2, 0.25) is 0 Å². The second kappa shape index (κ2) is 7.14. The Morgan fingerprint density at radius 3 is 2.70 bits per heavy atom. The van der Waals surface area contributed by atoms with Gasteiger partial charge in [-0.25, -0.2) is 0 Å². The quantitative estimate of drug-likeness (QED) is 0.866. The molecule has 0 unspecified atom stereocenters. The van der Waals surface area contributed by atoms with Gasteiger partial charge in [-0.3, -0.25) is 4.79 Å². The Morgan fingerprint density at radius 2 is 2.10 bits per heavy atom. The van der Waals surface area contributed by atoms with Gasteiger partial charge < -0.3 is 10.2 Å². The third kappa shape index (κ3) is 4.00. The van der Waals surface area contributed by atoms with E-state index in [0.717, 1.165) is 19.6 Å². The molecule has 0 saturated carbocycles. The van der Waals surface area contributed by atoms with Crippen molar-refractivity contribution in [2.75, 3.05) is 25.4 Å². The van der Waals surface area contributed by atoms with E-state index in [1.165, 1.54) is 10.5 Å². The summed E-state index contributed by atoms with van der Waals surface area (Å²) < 4.78 is 0. The van der Waals surface area contributed by atoms with Crippen molar-refractivity contribution in [3.63, 3.8) is 0 Å². The third-order valence-corrected chi connectivity index (χ3v) is 4.73.